The highest BCUT2D eigenvalue weighted by Crippen LogP contribution is 2.32. The third-order valence-corrected chi connectivity index (χ3v) is 5.77. The zero-order valence-electron chi connectivity index (χ0n) is 18.5. The van der Waals surface area contributed by atoms with Crippen LogP contribution in [0.5, 0.6) is 0 Å². The number of rotatable bonds is 10. The number of hydrogen-bond donors (Lipinski definition) is 1. The quantitative estimate of drug-likeness (QED) is 0.452. The number of pyridine rings is 1. The van der Waals surface area contributed by atoms with Gasteiger partial charge in [0.15, 0.2) is 0 Å². The Hall–Kier alpha value is -2.72. The van der Waals surface area contributed by atoms with E-state index < -0.39 is 11.7 Å². The summed E-state index contributed by atoms with van der Waals surface area (Å²) in [5, 5.41) is 12.5. The first kappa shape index (κ1) is 23.4. The zero-order valence-corrected chi connectivity index (χ0v) is 18.5. The van der Waals surface area contributed by atoms with Gasteiger partial charge >= 0.3 is 6.18 Å². The first-order valence-electron chi connectivity index (χ1n) is 11.4. The van der Waals surface area contributed by atoms with E-state index in [4.69, 9.17) is 4.74 Å². The van der Waals surface area contributed by atoms with Gasteiger partial charge in [-0.1, -0.05) is 24.1 Å². The van der Waals surface area contributed by atoms with Crippen molar-refractivity contribution in [3.8, 4) is 0 Å². The second-order valence-electron chi connectivity index (χ2n) is 8.29. The van der Waals surface area contributed by atoms with Crippen molar-refractivity contribution in [1.82, 2.24) is 24.9 Å². The summed E-state index contributed by atoms with van der Waals surface area (Å²) in [5.41, 5.74) is 1.47. The molecular weight excluding hydrogens is 433 g/mol. The molecule has 1 aliphatic rings. The van der Waals surface area contributed by atoms with Crippen LogP contribution >= 0.6 is 0 Å². The number of fused-ring (bicyclic) bond motifs is 1. The number of alkyl halides is 3. The van der Waals surface area contributed by atoms with Gasteiger partial charge in [0.2, 0.25) is 0 Å². The summed E-state index contributed by atoms with van der Waals surface area (Å²) in [5.74, 6) is 0. The molecule has 3 heterocycles. The van der Waals surface area contributed by atoms with Crippen LogP contribution in [-0.4, -0.2) is 57.7 Å². The summed E-state index contributed by atoms with van der Waals surface area (Å²) in [6.45, 7) is 5.84. The Morgan fingerprint density at radius 2 is 1.85 bits per heavy atom. The minimum Gasteiger partial charge on any atom is -0.384 e. The molecule has 0 unspecified atom stereocenters. The number of anilines is 1. The van der Waals surface area contributed by atoms with Crippen LogP contribution in [0.2, 0.25) is 0 Å². The fourth-order valence-corrected chi connectivity index (χ4v) is 3.96. The molecule has 0 saturated carbocycles. The normalized spacial score (nSPS) is 15.2. The second-order valence-corrected chi connectivity index (χ2v) is 8.29. The van der Waals surface area contributed by atoms with Crippen molar-refractivity contribution in [2.24, 2.45) is 0 Å². The van der Waals surface area contributed by atoms with Crippen LogP contribution in [0, 0.1) is 0 Å². The minimum absolute atomic E-state index is 0.343. The topological polar surface area (TPSA) is 68.1 Å². The molecule has 7 nitrogen and oxygen atoms in total. The molecule has 1 saturated heterocycles. The Bertz CT molecular complexity index is 1030. The van der Waals surface area contributed by atoms with Crippen LogP contribution in [0.1, 0.15) is 36.9 Å². The maximum absolute atomic E-state index is 12.9. The van der Waals surface area contributed by atoms with Gasteiger partial charge < -0.3 is 10.1 Å². The Kier molecular flexibility index (Phi) is 7.77. The number of nitrogens with one attached hydrogen (secondary N) is 1. The molecule has 10 heteroatoms. The molecule has 0 amide bonds. The van der Waals surface area contributed by atoms with E-state index >= 15 is 0 Å². The van der Waals surface area contributed by atoms with Crippen LogP contribution in [0.25, 0.3) is 10.9 Å². The molecule has 0 bridgehead atoms. The lowest BCUT2D eigenvalue weighted by atomic mass is 10.1. The van der Waals surface area contributed by atoms with Crippen molar-refractivity contribution in [3.05, 3.63) is 47.9 Å². The fraction of sp³-hybridized carbons (Fsp3) is 0.522. The number of hydrogen-bond acceptors (Lipinski definition) is 6. The van der Waals surface area contributed by atoms with Crippen LogP contribution in [0.4, 0.5) is 18.9 Å². The third kappa shape index (κ3) is 6.64. The molecule has 0 spiro atoms. The zero-order chi connectivity index (χ0) is 23.1. The average molecular weight is 463 g/mol. The van der Waals surface area contributed by atoms with Crippen LogP contribution in [0.15, 0.2) is 36.7 Å². The van der Waals surface area contributed by atoms with Crippen molar-refractivity contribution < 1.29 is 17.9 Å². The van der Waals surface area contributed by atoms with E-state index in [0.717, 1.165) is 95.1 Å². The number of unbranched alkanes of at least 4 members (excludes halogenated alkanes) is 3. The molecule has 3 aromatic rings. The maximum atomic E-state index is 12.9. The Morgan fingerprint density at radius 3 is 2.67 bits per heavy atom. The fourth-order valence-electron chi connectivity index (χ4n) is 3.96. The molecule has 0 aliphatic carbocycles. The molecule has 4 rings (SSSR count). The van der Waals surface area contributed by atoms with Gasteiger partial charge in [-0.3, -0.25) is 14.6 Å². The average Bonchev–Trinajstić information content (AvgIpc) is 3.25. The molecule has 1 N–H and O–H groups in total. The third-order valence-electron chi connectivity index (χ3n) is 5.77. The van der Waals surface area contributed by atoms with Crippen molar-refractivity contribution in [1.29, 1.82) is 0 Å². The number of aryl methyl sites for hydroxylation is 1. The highest BCUT2D eigenvalue weighted by atomic mass is 19.4. The summed E-state index contributed by atoms with van der Waals surface area (Å²) >= 11 is 0. The van der Waals surface area contributed by atoms with Gasteiger partial charge in [-0.15, -0.1) is 5.10 Å². The highest BCUT2D eigenvalue weighted by Gasteiger charge is 2.30. The number of aromatic nitrogens is 4. The molecule has 0 atom stereocenters. The van der Waals surface area contributed by atoms with E-state index in [0.29, 0.717) is 10.9 Å². The number of benzene rings is 1. The molecule has 0 radical (unpaired) electrons. The van der Waals surface area contributed by atoms with E-state index in [1.54, 1.807) is 6.07 Å². The Morgan fingerprint density at radius 1 is 1.03 bits per heavy atom. The lowest BCUT2D eigenvalue weighted by Crippen LogP contribution is -2.35. The molecule has 1 fully saturated rings. The summed E-state index contributed by atoms with van der Waals surface area (Å²) in [7, 11) is 0. The van der Waals surface area contributed by atoms with Crippen molar-refractivity contribution in [2.45, 2.75) is 44.9 Å². The SMILES string of the molecule is FC(F)(F)c1ccc2c(NCCCCCCn3cc(CN4CCOCC4)nn3)ccnc2c1. The lowest BCUT2D eigenvalue weighted by Gasteiger charge is -2.25. The van der Waals surface area contributed by atoms with Crippen LogP contribution < -0.4 is 5.32 Å². The van der Waals surface area contributed by atoms with Crippen LogP contribution in [0.3, 0.4) is 0 Å². The highest BCUT2D eigenvalue weighted by molar-refractivity contribution is 5.91. The number of halogens is 3. The van der Waals surface area contributed by atoms with E-state index in [9.17, 15) is 13.2 Å². The van der Waals surface area contributed by atoms with E-state index in [2.05, 4.69) is 25.5 Å². The first-order valence-corrected chi connectivity index (χ1v) is 11.4. The second kappa shape index (κ2) is 10.9. The predicted octanol–water partition coefficient (Wildman–Crippen LogP) is 4.35. The first-order chi connectivity index (χ1) is 16.0. The molecule has 2 aromatic heterocycles. The molecule has 33 heavy (non-hydrogen) atoms. The maximum Gasteiger partial charge on any atom is 0.416 e. The number of morpholine rings is 1. The molecule has 178 valence electrons. The van der Waals surface area contributed by atoms with E-state index in [1.165, 1.54) is 12.3 Å². The Balaban J connectivity index is 1.15. The van der Waals surface area contributed by atoms with E-state index in [-0.39, 0.29) is 0 Å². The smallest absolute Gasteiger partial charge is 0.384 e. The number of ether oxygens (including phenoxy) is 1. The molecule has 1 aromatic carbocycles. The lowest BCUT2D eigenvalue weighted by molar-refractivity contribution is -0.137. The largest absolute Gasteiger partial charge is 0.416 e. The summed E-state index contributed by atoms with van der Waals surface area (Å²) in [4.78, 5) is 6.41. The van der Waals surface area contributed by atoms with Gasteiger partial charge in [-0.25, -0.2) is 0 Å². The molecule has 1 aliphatic heterocycles. The monoisotopic (exact) mass is 462 g/mol. The van der Waals surface area contributed by atoms with Gasteiger partial charge in [0.05, 0.1) is 30.0 Å². The standard InChI is InChI=1S/C23H29F3N6O/c24-23(25,26)18-5-6-20-21(7-9-28-22(20)15-18)27-8-3-1-2-4-10-32-17-19(29-30-32)16-31-11-13-33-14-12-31/h5-7,9,15,17H,1-4,8,10-14,16H2,(H,27,28). The molecular formula is C23H29F3N6O. The van der Waals surface area contributed by atoms with Gasteiger partial charge in [0, 0.05) is 56.2 Å². The van der Waals surface area contributed by atoms with Crippen molar-refractivity contribution in [2.75, 3.05) is 38.2 Å². The number of nitrogens with zero attached hydrogens (tertiary/aromatic N) is 5. The summed E-state index contributed by atoms with van der Waals surface area (Å²) in [6, 6.07) is 5.48. The predicted molar refractivity (Wildman–Crippen MR) is 120 cm³/mol. The van der Waals surface area contributed by atoms with Gasteiger partial charge in [-0.05, 0) is 31.0 Å². The Labute approximate surface area is 190 Å². The van der Waals surface area contributed by atoms with E-state index in [1.807, 2.05) is 10.9 Å². The summed E-state index contributed by atoms with van der Waals surface area (Å²) in [6.07, 6.45) is 3.33. The van der Waals surface area contributed by atoms with Crippen molar-refractivity contribution >= 4 is 16.6 Å². The van der Waals surface area contributed by atoms with Crippen LogP contribution in [-0.2, 0) is 24.0 Å². The summed E-state index contributed by atoms with van der Waals surface area (Å²) < 4.78 is 46.0. The van der Waals surface area contributed by atoms with Gasteiger partial charge in [-0.2, -0.15) is 13.2 Å². The minimum atomic E-state index is -4.37. The van der Waals surface area contributed by atoms with Gasteiger partial charge in [0.25, 0.3) is 0 Å². The van der Waals surface area contributed by atoms with Gasteiger partial charge in [0.1, 0.15) is 0 Å². The van der Waals surface area contributed by atoms with Crippen molar-refractivity contribution in [3.63, 3.8) is 0 Å².